The molecular formula is C12H25NO2. The molecule has 3 unspecified atom stereocenters. The second-order valence-corrected chi connectivity index (χ2v) is 5.65. The minimum atomic E-state index is -0.312. The van der Waals surface area contributed by atoms with E-state index in [1.165, 1.54) is 0 Å². The summed E-state index contributed by atoms with van der Waals surface area (Å²) in [5.74, 6) is 0.569. The van der Waals surface area contributed by atoms with Gasteiger partial charge in [0.1, 0.15) is 0 Å². The standard InChI is InChI=1S/C12H25NO2/c1-9-5-6-13(11(9)7-14)8-12(3,4)10(2)15/h9-11,14-15H,5-8H2,1-4H3. The summed E-state index contributed by atoms with van der Waals surface area (Å²) in [6.07, 6.45) is 0.842. The molecule has 3 atom stereocenters. The molecule has 0 aromatic carbocycles. The van der Waals surface area contributed by atoms with E-state index in [-0.39, 0.29) is 24.2 Å². The highest BCUT2D eigenvalue weighted by Crippen LogP contribution is 2.29. The highest BCUT2D eigenvalue weighted by Gasteiger charge is 2.35. The van der Waals surface area contributed by atoms with Crippen molar-refractivity contribution in [2.24, 2.45) is 11.3 Å². The van der Waals surface area contributed by atoms with Gasteiger partial charge in [0.15, 0.2) is 0 Å². The molecular weight excluding hydrogens is 190 g/mol. The fraction of sp³-hybridized carbons (Fsp3) is 1.00. The van der Waals surface area contributed by atoms with Crippen LogP contribution in [0.1, 0.15) is 34.1 Å². The molecule has 15 heavy (non-hydrogen) atoms. The summed E-state index contributed by atoms with van der Waals surface area (Å²) in [6, 6.07) is 0.281. The van der Waals surface area contributed by atoms with E-state index in [1.54, 1.807) is 0 Å². The van der Waals surface area contributed by atoms with Crippen molar-refractivity contribution in [3.05, 3.63) is 0 Å². The first-order valence-corrected chi connectivity index (χ1v) is 5.91. The lowest BCUT2D eigenvalue weighted by Crippen LogP contribution is -2.44. The molecule has 3 nitrogen and oxygen atoms in total. The minimum absolute atomic E-state index is 0.0997. The molecule has 0 saturated carbocycles. The van der Waals surface area contributed by atoms with Crippen molar-refractivity contribution >= 4 is 0 Å². The second-order valence-electron chi connectivity index (χ2n) is 5.65. The normalized spacial score (nSPS) is 30.8. The molecule has 2 N–H and O–H groups in total. The first-order valence-electron chi connectivity index (χ1n) is 5.91. The first-order chi connectivity index (χ1) is 6.88. The molecule has 0 aliphatic carbocycles. The largest absolute Gasteiger partial charge is 0.395 e. The Morgan fingerprint density at radius 1 is 1.47 bits per heavy atom. The fourth-order valence-electron chi connectivity index (χ4n) is 2.23. The lowest BCUT2D eigenvalue weighted by atomic mass is 9.86. The maximum atomic E-state index is 9.68. The molecule has 1 saturated heterocycles. The Labute approximate surface area is 93.1 Å². The van der Waals surface area contributed by atoms with Crippen molar-refractivity contribution in [1.29, 1.82) is 0 Å². The smallest absolute Gasteiger partial charge is 0.0589 e. The van der Waals surface area contributed by atoms with Crippen LogP contribution in [-0.4, -0.2) is 47.0 Å². The van der Waals surface area contributed by atoms with Crippen molar-refractivity contribution < 1.29 is 10.2 Å². The van der Waals surface area contributed by atoms with Crippen LogP contribution in [0.3, 0.4) is 0 Å². The van der Waals surface area contributed by atoms with Gasteiger partial charge < -0.3 is 10.2 Å². The summed E-state index contributed by atoms with van der Waals surface area (Å²) in [7, 11) is 0. The Balaban J connectivity index is 2.58. The van der Waals surface area contributed by atoms with Gasteiger partial charge in [-0.15, -0.1) is 0 Å². The van der Waals surface area contributed by atoms with Gasteiger partial charge in [-0.05, 0) is 25.8 Å². The molecule has 1 fully saturated rings. The van der Waals surface area contributed by atoms with Crippen molar-refractivity contribution in [2.45, 2.75) is 46.3 Å². The zero-order valence-electron chi connectivity index (χ0n) is 10.4. The Kier molecular flexibility index (Phi) is 4.15. The summed E-state index contributed by atoms with van der Waals surface area (Å²) < 4.78 is 0. The molecule has 0 radical (unpaired) electrons. The SMILES string of the molecule is CC1CCN(CC(C)(C)C(C)O)C1CO. The molecule has 3 heteroatoms. The van der Waals surface area contributed by atoms with Crippen molar-refractivity contribution in [1.82, 2.24) is 4.90 Å². The number of hydrogen-bond donors (Lipinski definition) is 2. The molecule has 0 aromatic heterocycles. The first kappa shape index (κ1) is 12.9. The van der Waals surface area contributed by atoms with Crippen molar-refractivity contribution in [2.75, 3.05) is 19.7 Å². The Morgan fingerprint density at radius 2 is 2.07 bits per heavy atom. The quantitative estimate of drug-likeness (QED) is 0.738. The van der Waals surface area contributed by atoms with Crippen LogP contribution in [0.2, 0.25) is 0 Å². The third kappa shape index (κ3) is 2.92. The summed E-state index contributed by atoms with van der Waals surface area (Å²) in [5.41, 5.74) is -0.0997. The van der Waals surface area contributed by atoms with Crippen LogP contribution in [0.5, 0.6) is 0 Å². The minimum Gasteiger partial charge on any atom is -0.395 e. The molecule has 1 rings (SSSR count). The number of nitrogens with zero attached hydrogens (tertiary/aromatic N) is 1. The van der Waals surface area contributed by atoms with Crippen molar-refractivity contribution in [3.63, 3.8) is 0 Å². The predicted molar refractivity (Wildman–Crippen MR) is 61.7 cm³/mol. The van der Waals surface area contributed by atoms with E-state index < -0.39 is 0 Å². The van der Waals surface area contributed by atoms with Crippen LogP contribution >= 0.6 is 0 Å². The fourth-order valence-corrected chi connectivity index (χ4v) is 2.23. The van der Waals surface area contributed by atoms with Gasteiger partial charge >= 0.3 is 0 Å². The van der Waals surface area contributed by atoms with Crippen LogP contribution < -0.4 is 0 Å². The highest BCUT2D eigenvalue weighted by molar-refractivity contribution is 4.88. The number of hydrogen-bond acceptors (Lipinski definition) is 3. The molecule has 0 spiro atoms. The predicted octanol–water partition coefficient (Wildman–Crippen LogP) is 1.10. The number of aliphatic hydroxyl groups excluding tert-OH is 2. The van der Waals surface area contributed by atoms with Gasteiger partial charge in [0.2, 0.25) is 0 Å². The van der Waals surface area contributed by atoms with E-state index in [0.717, 1.165) is 19.5 Å². The van der Waals surface area contributed by atoms with Crippen LogP contribution in [0.4, 0.5) is 0 Å². The summed E-state index contributed by atoms with van der Waals surface area (Å²) >= 11 is 0. The highest BCUT2D eigenvalue weighted by atomic mass is 16.3. The lowest BCUT2D eigenvalue weighted by molar-refractivity contribution is 0.0203. The molecule has 1 aliphatic rings. The summed E-state index contributed by atoms with van der Waals surface area (Å²) in [6.45, 7) is 10.3. The lowest BCUT2D eigenvalue weighted by Gasteiger charge is -2.35. The van der Waals surface area contributed by atoms with Gasteiger partial charge in [-0.1, -0.05) is 20.8 Å². The summed E-state index contributed by atoms with van der Waals surface area (Å²) in [5, 5.41) is 19.0. The topological polar surface area (TPSA) is 43.7 Å². The molecule has 0 bridgehead atoms. The number of rotatable bonds is 4. The van der Waals surface area contributed by atoms with Gasteiger partial charge in [-0.25, -0.2) is 0 Å². The van der Waals surface area contributed by atoms with Gasteiger partial charge in [0, 0.05) is 18.0 Å². The Bertz CT molecular complexity index is 204. The van der Waals surface area contributed by atoms with E-state index >= 15 is 0 Å². The van der Waals surface area contributed by atoms with Crippen LogP contribution in [0.15, 0.2) is 0 Å². The Hall–Kier alpha value is -0.120. The van der Waals surface area contributed by atoms with E-state index in [4.69, 9.17) is 0 Å². The van der Waals surface area contributed by atoms with Crippen LogP contribution in [-0.2, 0) is 0 Å². The second kappa shape index (κ2) is 4.81. The van der Waals surface area contributed by atoms with Gasteiger partial charge in [0.25, 0.3) is 0 Å². The van der Waals surface area contributed by atoms with Crippen LogP contribution in [0.25, 0.3) is 0 Å². The van der Waals surface area contributed by atoms with E-state index in [2.05, 4.69) is 25.7 Å². The molecule has 0 aromatic rings. The van der Waals surface area contributed by atoms with E-state index in [1.807, 2.05) is 6.92 Å². The van der Waals surface area contributed by atoms with E-state index in [0.29, 0.717) is 5.92 Å². The average molecular weight is 215 g/mol. The van der Waals surface area contributed by atoms with E-state index in [9.17, 15) is 10.2 Å². The van der Waals surface area contributed by atoms with Crippen molar-refractivity contribution in [3.8, 4) is 0 Å². The molecule has 1 heterocycles. The Morgan fingerprint density at radius 3 is 2.53 bits per heavy atom. The molecule has 90 valence electrons. The molecule has 0 amide bonds. The summed E-state index contributed by atoms with van der Waals surface area (Å²) in [4.78, 5) is 2.32. The monoisotopic (exact) mass is 215 g/mol. The zero-order chi connectivity index (χ0) is 11.6. The molecule has 1 aliphatic heterocycles. The number of aliphatic hydroxyl groups is 2. The average Bonchev–Trinajstić information content (AvgIpc) is 2.45. The third-order valence-electron chi connectivity index (χ3n) is 3.93. The van der Waals surface area contributed by atoms with Gasteiger partial charge in [0.05, 0.1) is 12.7 Å². The maximum absolute atomic E-state index is 9.68. The van der Waals surface area contributed by atoms with Gasteiger partial charge in [-0.2, -0.15) is 0 Å². The van der Waals surface area contributed by atoms with Crippen LogP contribution in [0, 0.1) is 11.3 Å². The number of likely N-dealkylation sites (tertiary alicyclic amines) is 1. The van der Waals surface area contributed by atoms with Gasteiger partial charge in [-0.3, -0.25) is 4.90 Å². The maximum Gasteiger partial charge on any atom is 0.0589 e. The zero-order valence-corrected chi connectivity index (χ0v) is 10.4. The third-order valence-corrected chi connectivity index (χ3v) is 3.93.